The van der Waals surface area contributed by atoms with Crippen LogP contribution in [0.3, 0.4) is 0 Å². The molecule has 21 heavy (non-hydrogen) atoms. The standard InChI is InChI=1S/C18H16BrNO/c1-12(10-18(21)13-6-8-14(19)9-7-13)16-11-20-17-5-3-2-4-15(16)17/h2-9,11-12,20H,10H2,1H3/t12-/m1/s1. The van der Waals surface area contributed by atoms with Crippen molar-refractivity contribution in [1.82, 2.24) is 4.98 Å². The van der Waals surface area contributed by atoms with E-state index in [-0.39, 0.29) is 11.7 Å². The minimum atomic E-state index is 0.181. The summed E-state index contributed by atoms with van der Waals surface area (Å²) < 4.78 is 0.990. The molecule has 1 heterocycles. The number of carbonyl (C=O) groups is 1. The first-order valence-electron chi connectivity index (χ1n) is 7.00. The molecule has 106 valence electrons. The summed E-state index contributed by atoms with van der Waals surface area (Å²) in [6, 6.07) is 15.8. The van der Waals surface area contributed by atoms with Crippen molar-refractivity contribution in [2.75, 3.05) is 0 Å². The van der Waals surface area contributed by atoms with E-state index >= 15 is 0 Å². The number of hydrogen-bond donors (Lipinski definition) is 1. The van der Waals surface area contributed by atoms with Crippen molar-refractivity contribution in [3.63, 3.8) is 0 Å². The van der Waals surface area contributed by atoms with Crippen molar-refractivity contribution < 1.29 is 4.79 Å². The zero-order valence-corrected chi connectivity index (χ0v) is 13.4. The fourth-order valence-corrected chi connectivity index (χ4v) is 2.91. The van der Waals surface area contributed by atoms with Crippen molar-refractivity contribution in [2.24, 2.45) is 0 Å². The molecule has 2 aromatic carbocycles. The number of aromatic nitrogens is 1. The highest BCUT2D eigenvalue weighted by molar-refractivity contribution is 9.10. The number of carbonyl (C=O) groups excluding carboxylic acids is 1. The number of Topliss-reactive ketones (excluding diaryl/α,β-unsaturated/α-hetero) is 1. The van der Waals surface area contributed by atoms with Crippen LogP contribution in [-0.2, 0) is 0 Å². The highest BCUT2D eigenvalue weighted by Crippen LogP contribution is 2.28. The van der Waals surface area contributed by atoms with Gasteiger partial charge >= 0.3 is 0 Å². The third-order valence-electron chi connectivity index (χ3n) is 3.81. The maximum atomic E-state index is 12.4. The van der Waals surface area contributed by atoms with Crippen molar-refractivity contribution in [3.05, 3.63) is 70.3 Å². The van der Waals surface area contributed by atoms with Crippen LogP contribution in [0.4, 0.5) is 0 Å². The number of fused-ring (bicyclic) bond motifs is 1. The molecule has 0 saturated heterocycles. The van der Waals surface area contributed by atoms with Crippen LogP contribution in [0, 0.1) is 0 Å². The minimum Gasteiger partial charge on any atom is -0.361 e. The molecule has 1 atom stereocenters. The summed E-state index contributed by atoms with van der Waals surface area (Å²) in [5.41, 5.74) is 3.09. The number of ketones is 1. The Kier molecular flexibility index (Phi) is 3.93. The number of benzene rings is 2. The number of H-pyrrole nitrogens is 1. The van der Waals surface area contributed by atoms with Gasteiger partial charge in [-0.15, -0.1) is 0 Å². The maximum Gasteiger partial charge on any atom is 0.163 e. The summed E-state index contributed by atoms with van der Waals surface area (Å²) in [4.78, 5) is 15.6. The van der Waals surface area contributed by atoms with Crippen LogP contribution >= 0.6 is 15.9 Å². The molecule has 0 saturated carbocycles. The predicted molar refractivity (Wildman–Crippen MR) is 89.8 cm³/mol. The van der Waals surface area contributed by atoms with Gasteiger partial charge in [0.1, 0.15) is 0 Å². The van der Waals surface area contributed by atoms with Gasteiger partial charge in [0.2, 0.25) is 0 Å². The molecule has 0 aliphatic rings. The van der Waals surface area contributed by atoms with Crippen LogP contribution in [0.25, 0.3) is 10.9 Å². The van der Waals surface area contributed by atoms with Gasteiger partial charge in [-0.2, -0.15) is 0 Å². The van der Waals surface area contributed by atoms with Crippen LogP contribution in [0.15, 0.2) is 59.2 Å². The topological polar surface area (TPSA) is 32.9 Å². The Morgan fingerprint density at radius 3 is 2.62 bits per heavy atom. The second kappa shape index (κ2) is 5.86. The predicted octanol–water partition coefficient (Wildman–Crippen LogP) is 5.31. The lowest BCUT2D eigenvalue weighted by molar-refractivity contribution is 0.0976. The molecule has 3 aromatic rings. The average Bonchev–Trinajstić information content (AvgIpc) is 2.92. The van der Waals surface area contributed by atoms with Gasteiger partial charge in [-0.25, -0.2) is 0 Å². The molecular weight excluding hydrogens is 326 g/mol. The molecule has 0 aliphatic carbocycles. The summed E-state index contributed by atoms with van der Waals surface area (Å²) in [6.07, 6.45) is 2.54. The first-order valence-corrected chi connectivity index (χ1v) is 7.79. The molecule has 0 amide bonds. The minimum absolute atomic E-state index is 0.181. The number of nitrogens with one attached hydrogen (secondary N) is 1. The average molecular weight is 342 g/mol. The van der Waals surface area contributed by atoms with E-state index in [0.717, 1.165) is 15.6 Å². The zero-order valence-electron chi connectivity index (χ0n) is 11.8. The van der Waals surface area contributed by atoms with E-state index in [9.17, 15) is 4.79 Å². The number of halogens is 1. The summed E-state index contributed by atoms with van der Waals surface area (Å²) in [7, 11) is 0. The SMILES string of the molecule is C[C@H](CC(=O)c1ccc(Br)cc1)c1c[nH]c2ccccc12. The molecule has 1 aromatic heterocycles. The van der Waals surface area contributed by atoms with Gasteiger partial charge in [-0.1, -0.05) is 53.2 Å². The second-order valence-corrected chi connectivity index (χ2v) is 6.24. The first-order chi connectivity index (χ1) is 10.1. The van der Waals surface area contributed by atoms with Gasteiger partial charge in [-0.3, -0.25) is 4.79 Å². The maximum absolute atomic E-state index is 12.4. The smallest absolute Gasteiger partial charge is 0.163 e. The third kappa shape index (κ3) is 2.93. The molecule has 3 rings (SSSR count). The zero-order chi connectivity index (χ0) is 14.8. The largest absolute Gasteiger partial charge is 0.361 e. The van der Waals surface area contributed by atoms with Gasteiger partial charge < -0.3 is 4.98 Å². The molecular formula is C18H16BrNO. The molecule has 0 fully saturated rings. The van der Waals surface area contributed by atoms with Crippen molar-refractivity contribution in [2.45, 2.75) is 19.3 Å². The highest BCUT2D eigenvalue weighted by Gasteiger charge is 2.16. The van der Waals surface area contributed by atoms with Crippen molar-refractivity contribution in [3.8, 4) is 0 Å². The van der Waals surface area contributed by atoms with E-state index in [4.69, 9.17) is 0 Å². The van der Waals surface area contributed by atoms with Gasteiger partial charge in [-0.05, 0) is 29.7 Å². The third-order valence-corrected chi connectivity index (χ3v) is 4.34. The van der Waals surface area contributed by atoms with Gasteiger partial charge in [0, 0.05) is 33.6 Å². The molecule has 2 nitrogen and oxygen atoms in total. The van der Waals surface area contributed by atoms with E-state index in [2.05, 4.69) is 40.0 Å². The van der Waals surface area contributed by atoms with Gasteiger partial charge in [0.15, 0.2) is 5.78 Å². The highest BCUT2D eigenvalue weighted by atomic mass is 79.9. The Bertz CT molecular complexity index is 773. The molecule has 1 N–H and O–H groups in total. The lowest BCUT2D eigenvalue weighted by Crippen LogP contribution is -2.04. The second-order valence-electron chi connectivity index (χ2n) is 5.32. The van der Waals surface area contributed by atoms with E-state index in [1.54, 1.807) is 0 Å². The van der Waals surface area contributed by atoms with E-state index < -0.39 is 0 Å². The van der Waals surface area contributed by atoms with Crippen LogP contribution in [0.5, 0.6) is 0 Å². The number of hydrogen-bond acceptors (Lipinski definition) is 1. The first kappa shape index (κ1) is 14.1. The van der Waals surface area contributed by atoms with Gasteiger partial charge in [0.25, 0.3) is 0 Å². The molecule has 0 bridgehead atoms. The number of rotatable bonds is 4. The molecule has 0 radical (unpaired) electrons. The summed E-state index contributed by atoms with van der Waals surface area (Å²) in [5, 5.41) is 1.20. The summed E-state index contributed by atoms with van der Waals surface area (Å²) >= 11 is 3.39. The summed E-state index contributed by atoms with van der Waals surface area (Å²) in [5.74, 6) is 0.373. The van der Waals surface area contributed by atoms with Crippen molar-refractivity contribution >= 4 is 32.6 Å². The Hall–Kier alpha value is -1.87. The van der Waals surface area contributed by atoms with Crippen LogP contribution < -0.4 is 0 Å². The molecule has 0 spiro atoms. The Morgan fingerprint density at radius 2 is 1.86 bits per heavy atom. The fraction of sp³-hybridized carbons (Fsp3) is 0.167. The van der Waals surface area contributed by atoms with Crippen LogP contribution in [0.2, 0.25) is 0 Å². The van der Waals surface area contributed by atoms with Gasteiger partial charge in [0.05, 0.1) is 0 Å². The molecule has 0 aliphatic heterocycles. The fourth-order valence-electron chi connectivity index (χ4n) is 2.64. The van der Waals surface area contributed by atoms with Crippen molar-refractivity contribution in [1.29, 1.82) is 0 Å². The number of aromatic amines is 1. The summed E-state index contributed by atoms with van der Waals surface area (Å²) in [6.45, 7) is 2.10. The molecule has 0 unspecified atom stereocenters. The van der Waals surface area contributed by atoms with E-state index in [1.807, 2.05) is 42.6 Å². The quantitative estimate of drug-likeness (QED) is 0.641. The lowest BCUT2D eigenvalue weighted by Gasteiger charge is -2.10. The van der Waals surface area contributed by atoms with E-state index in [0.29, 0.717) is 6.42 Å². The Labute approximate surface area is 132 Å². The normalized spacial score (nSPS) is 12.5. The van der Waals surface area contributed by atoms with Crippen LogP contribution in [0.1, 0.15) is 35.2 Å². The Balaban J connectivity index is 1.81. The Morgan fingerprint density at radius 1 is 1.14 bits per heavy atom. The number of para-hydroxylation sites is 1. The monoisotopic (exact) mass is 341 g/mol. The lowest BCUT2D eigenvalue weighted by atomic mass is 9.93. The van der Waals surface area contributed by atoms with E-state index in [1.165, 1.54) is 10.9 Å². The molecule has 3 heteroatoms. The van der Waals surface area contributed by atoms with Crippen LogP contribution in [-0.4, -0.2) is 10.8 Å².